The number of rotatable bonds is 4. The third kappa shape index (κ3) is 3.22. The van der Waals surface area contributed by atoms with Gasteiger partial charge in [0.1, 0.15) is 0 Å². The number of nitrogens with one attached hydrogen (secondary N) is 1. The fourth-order valence-electron chi connectivity index (χ4n) is 3.90. The van der Waals surface area contributed by atoms with Gasteiger partial charge in [0.2, 0.25) is 5.89 Å². The number of hydrogen-bond acceptors (Lipinski definition) is 4. The number of nitrogens with zero attached hydrogens (tertiary/aromatic N) is 2. The minimum atomic E-state index is 0.453. The molecule has 112 valence electrons. The maximum atomic E-state index is 5.52. The van der Waals surface area contributed by atoms with Crippen LogP contribution in [0.5, 0.6) is 0 Å². The van der Waals surface area contributed by atoms with Crippen LogP contribution in [0.2, 0.25) is 0 Å². The Morgan fingerprint density at radius 2 is 1.95 bits per heavy atom. The Balaban J connectivity index is 1.59. The van der Waals surface area contributed by atoms with Crippen molar-refractivity contribution < 1.29 is 4.52 Å². The maximum Gasteiger partial charge on any atom is 0.229 e. The van der Waals surface area contributed by atoms with E-state index in [1.165, 1.54) is 44.9 Å². The van der Waals surface area contributed by atoms with Gasteiger partial charge in [0, 0.05) is 12.0 Å². The summed E-state index contributed by atoms with van der Waals surface area (Å²) in [7, 11) is 0. The zero-order valence-corrected chi connectivity index (χ0v) is 12.8. The Labute approximate surface area is 121 Å². The third-order valence-corrected chi connectivity index (χ3v) is 5.04. The molecule has 1 N–H and O–H groups in total. The van der Waals surface area contributed by atoms with Crippen LogP contribution >= 0.6 is 0 Å². The van der Waals surface area contributed by atoms with E-state index in [4.69, 9.17) is 4.52 Å². The Kier molecular flexibility index (Phi) is 4.39. The van der Waals surface area contributed by atoms with Gasteiger partial charge < -0.3 is 9.84 Å². The van der Waals surface area contributed by atoms with E-state index in [9.17, 15) is 0 Å². The lowest BCUT2D eigenvalue weighted by Gasteiger charge is -2.38. The van der Waals surface area contributed by atoms with Crippen molar-refractivity contribution >= 4 is 0 Å². The van der Waals surface area contributed by atoms with Crippen LogP contribution in [0, 0.1) is 11.8 Å². The van der Waals surface area contributed by atoms with E-state index in [1.807, 2.05) is 0 Å². The molecule has 3 atom stereocenters. The van der Waals surface area contributed by atoms with Crippen LogP contribution in [0.15, 0.2) is 4.52 Å². The van der Waals surface area contributed by atoms with Crippen molar-refractivity contribution in [1.29, 1.82) is 0 Å². The first-order chi connectivity index (χ1) is 9.72. The molecule has 2 aliphatic rings. The van der Waals surface area contributed by atoms with Gasteiger partial charge in [-0.2, -0.15) is 4.98 Å². The van der Waals surface area contributed by atoms with Crippen molar-refractivity contribution in [3.8, 4) is 0 Å². The molecule has 0 spiro atoms. The molecule has 3 unspecified atom stereocenters. The van der Waals surface area contributed by atoms with Crippen LogP contribution < -0.4 is 5.32 Å². The van der Waals surface area contributed by atoms with Crippen molar-refractivity contribution in [2.45, 2.75) is 77.3 Å². The molecular formula is C16H27N3O. The molecule has 0 amide bonds. The third-order valence-electron chi connectivity index (χ3n) is 5.04. The van der Waals surface area contributed by atoms with E-state index in [2.05, 4.69) is 29.3 Å². The molecule has 0 saturated heterocycles. The van der Waals surface area contributed by atoms with Gasteiger partial charge in [-0.05, 0) is 31.1 Å². The first kappa shape index (κ1) is 14.1. The molecule has 20 heavy (non-hydrogen) atoms. The fraction of sp³-hybridized carbons (Fsp3) is 0.875. The SMILES string of the molecule is CC(C)NCc1noc(C2CCC3CCCCC3C2)n1. The first-order valence-electron chi connectivity index (χ1n) is 8.28. The summed E-state index contributed by atoms with van der Waals surface area (Å²) >= 11 is 0. The van der Waals surface area contributed by atoms with Crippen molar-refractivity contribution in [2.75, 3.05) is 0 Å². The van der Waals surface area contributed by atoms with Gasteiger partial charge in [-0.25, -0.2) is 0 Å². The first-order valence-corrected chi connectivity index (χ1v) is 8.28. The van der Waals surface area contributed by atoms with E-state index in [0.29, 0.717) is 18.5 Å². The average molecular weight is 277 g/mol. The highest BCUT2D eigenvalue weighted by Gasteiger charge is 2.34. The zero-order chi connectivity index (χ0) is 13.9. The summed E-state index contributed by atoms with van der Waals surface area (Å²) in [6, 6.07) is 0.453. The lowest BCUT2D eigenvalue weighted by Crippen LogP contribution is -2.27. The Bertz CT molecular complexity index is 429. The summed E-state index contributed by atoms with van der Waals surface area (Å²) in [6.07, 6.45) is 9.59. The molecular weight excluding hydrogens is 250 g/mol. The summed E-state index contributed by atoms with van der Waals surface area (Å²) in [5.41, 5.74) is 0. The number of aromatic nitrogens is 2. The normalized spacial score (nSPS) is 30.4. The highest BCUT2D eigenvalue weighted by molar-refractivity contribution is 4.99. The zero-order valence-electron chi connectivity index (χ0n) is 12.8. The maximum absolute atomic E-state index is 5.52. The molecule has 1 aromatic heterocycles. The molecule has 1 heterocycles. The van der Waals surface area contributed by atoms with Crippen molar-refractivity contribution in [2.24, 2.45) is 11.8 Å². The minimum Gasteiger partial charge on any atom is -0.339 e. The molecule has 0 radical (unpaired) electrons. The fourth-order valence-corrected chi connectivity index (χ4v) is 3.90. The van der Waals surface area contributed by atoms with Gasteiger partial charge in [-0.15, -0.1) is 0 Å². The van der Waals surface area contributed by atoms with Crippen molar-refractivity contribution in [1.82, 2.24) is 15.5 Å². The molecule has 1 aromatic rings. The minimum absolute atomic E-state index is 0.453. The van der Waals surface area contributed by atoms with Gasteiger partial charge in [0.05, 0.1) is 6.54 Å². The van der Waals surface area contributed by atoms with Gasteiger partial charge in [0.15, 0.2) is 5.82 Å². The van der Waals surface area contributed by atoms with Crippen LogP contribution in [0.1, 0.15) is 76.4 Å². The molecule has 3 rings (SSSR count). The van der Waals surface area contributed by atoms with Gasteiger partial charge in [-0.3, -0.25) is 0 Å². The molecule has 2 aliphatic carbocycles. The van der Waals surface area contributed by atoms with Crippen LogP contribution in [0.4, 0.5) is 0 Å². The second-order valence-electron chi connectivity index (χ2n) is 6.90. The molecule has 4 heteroatoms. The van der Waals surface area contributed by atoms with Gasteiger partial charge >= 0.3 is 0 Å². The highest BCUT2D eigenvalue weighted by atomic mass is 16.5. The molecule has 2 fully saturated rings. The summed E-state index contributed by atoms with van der Waals surface area (Å²) < 4.78 is 5.52. The van der Waals surface area contributed by atoms with Crippen LogP contribution in [0.25, 0.3) is 0 Å². The van der Waals surface area contributed by atoms with E-state index < -0.39 is 0 Å². The predicted molar refractivity (Wildman–Crippen MR) is 78.3 cm³/mol. The standard InChI is InChI=1S/C16H27N3O/c1-11(2)17-10-15-18-16(20-19-15)14-8-7-12-5-3-4-6-13(12)9-14/h11-14,17H,3-10H2,1-2H3. The molecule has 0 aromatic carbocycles. The summed E-state index contributed by atoms with van der Waals surface area (Å²) in [5.74, 6) is 4.08. The van der Waals surface area contributed by atoms with E-state index in [0.717, 1.165) is 23.6 Å². The summed E-state index contributed by atoms with van der Waals surface area (Å²) in [5, 5.41) is 7.46. The highest BCUT2D eigenvalue weighted by Crippen LogP contribution is 2.45. The molecule has 0 aliphatic heterocycles. The summed E-state index contributed by atoms with van der Waals surface area (Å²) in [4.78, 5) is 4.60. The lowest BCUT2D eigenvalue weighted by atomic mass is 9.67. The van der Waals surface area contributed by atoms with Crippen LogP contribution in [-0.2, 0) is 6.54 Å². The smallest absolute Gasteiger partial charge is 0.229 e. The van der Waals surface area contributed by atoms with Crippen LogP contribution in [-0.4, -0.2) is 16.2 Å². The number of hydrogen-bond donors (Lipinski definition) is 1. The predicted octanol–water partition coefficient (Wildman–Crippen LogP) is 3.64. The van der Waals surface area contributed by atoms with Gasteiger partial charge in [0.25, 0.3) is 0 Å². The Morgan fingerprint density at radius 1 is 1.15 bits per heavy atom. The Morgan fingerprint density at radius 3 is 2.75 bits per heavy atom. The van der Waals surface area contributed by atoms with Crippen molar-refractivity contribution in [3.05, 3.63) is 11.7 Å². The average Bonchev–Trinajstić information content (AvgIpc) is 2.93. The quantitative estimate of drug-likeness (QED) is 0.913. The van der Waals surface area contributed by atoms with E-state index in [-0.39, 0.29) is 0 Å². The summed E-state index contributed by atoms with van der Waals surface area (Å²) in [6.45, 7) is 4.97. The number of fused-ring (bicyclic) bond motifs is 1. The Hall–Kier alpha value is -0.900. The molecule has 4 nitrogen and oxygen atoms in total. The molecule has 2 saturated carbocycles. The lowest BCUT2D eigenvalue weighted by molar-refractivity contribution is 0.142. The van der Waals surface area contributed by atoms with E-state index in [1.54, 1.807) is 0 Å². The van der Waals surface area contributed by atoms with Crippen molar-refractivity contribution in [3.63, 3.8) is 0 Å². The largest absolute Gasteiger partial charge is 0.339 e. The molecule has 0 bridgehead atoms. The monoisotopic (exact) mass is 277 g/mol. The van der Waals surface area contributed by atoms with E-state index >= 15 is 0 Å². The second kappa shape index (κ2) is 6.25. The topological polar surface area (TPSA) is 51.0 Å². The second-order valence-corrected chi connectivity index (χ2v) is 6.90. The van der Waals surface area contributed by atoms with Gasteiger partial charge in [-0.1, -0.05) is 44.7 Å². The van der Waals surface area contributed by atoms with Crippen LogP contribution in [0.3, 0.4) is 0 Å².